The Morgan fingerprint density at radius 3 is 3.11 bits per heavy atom. The van der Waals surface area contributed by atoms with Crippen LogP contribution >= 0.6 is 0 Å². The smallest absolute Gasteiger partial charge is 0.244 e. The summed E-state index contributed by atoms with van der Waals surface area (Å²) in [5.74, 6) is 0.0952. The van der Waals surface area contributed by atoms with E-state index in [9.17, 15) is 4.79 Å². The Balaban J connectivity index is 1.97. The number of carbonyl (C=O) groups is 1. The first-order valence-electron chi connectivity index (χ1n) is 6.52. The van der Waals surface area contributed by atoms with E-state index in [-0.39, 0.29) is 12.5 Å². The second-order valence-corrected chi connectivity index (χ2v) is 4.59. The third-order valence-electron chi connectivity index (χ3n) is 3.19. The molecule has 1 N–H and O–H groups in total. The van der Waals surface area contributed by atoms with E-state index < -0.39 is 0 Å². The van der Waals surface area contributed by atoms with Gasteiger partial charge < -0.3 is 10.2 Å². The van der Waals surface area contributed by atoms with Crippen molar-refractivity contribution in [3.8, 4) is 0 Å². The van der Waals surface area contributed by atoms with Crippen LogP contribution in [0, 0.1) is 0 Å². The zero-order valence-electron chi connectivity index (χ0n) is 10.7. The SMILES string of the molecule is CCCN(C(=O)Cn1cnnn1)C1CCCNC1. The molecule has 0 bridgehead atoms. The maximum Gasteiger partial charge on any atom is 0.244 e. The predicted octanol–water partition coefficient (Wildman–Crippen LogP) is -0.336. The average Bonchev–Trinajstić information content (AvgIpc) is 2.89. The largest absolute Gasteiger partial charge is 0.337 e. The lowest BCUT2D eigenvalue weighted by Gasteiger charge is -2.34. The molecule has 0 radical (unpaired) electrons. The van der Waals surface area contributed by atoms with Crippen LogP contribution in [0.25, 0.3) is 0 Å². The van der Waals surface area contributed by atoms with Crippen molar-refractivity contribution in [1.29, 1.82) is 0 Å². The molecule has 0 saturated carbocycles. The number of rotatable bonds is 5. The van der Waals surface area contributed by atoms with E-state index in [4.69, 9.17) is 0 Å². The first-order valence-corrected chi connectivity index (χ1v) is 6.52. The number of nitrogens with zero attached hydrogens (tertiary/aromatic N) is 5. The zero-order chi connectivity index (χ0) is 12.8. The van der Waals surface area contributed by atoms with E-state index in [0.29, 0.717) is 6.04 Å². The minimum absolute atomic E-state index is 0.0952. The molecule has 2 heterocycles. The molecule has 100 valence electrons. The van der Waals surface area contributed by atoms with Crippen LogP contribution in [0.5, 0.6) is 0 Å². The molecule has 1 aliphatic heterocycles. The Morgan fingerprint density at radius 2 is 2.50 bits per heavy atom. The molecular formula is C11H20N6O. The highest BCUT2D eigenvalue weighted by molar-refractivity contribution is 5.76. The average molecular weight is 252 g/mol. The van der Waals surface area contributed by atoms with Gasteiger partial charge >= 0.3 is 0 Å². The van der Waals surface area contributed by atoms with Crippen LogP contribution in [0.2, 0.25) is 0 Å². The van der Waals surface area contributed by atoms with Gasteiger partial charge in [0.05, 0.1) is 0 Å². The van der Waals surface area contributed by atoms with E-state index in [0.717, 1.165) is 38.9 Å². The molecule has 7 heteroatoms. The number of piperidine rings is 1. The van der Waals surface area contributed by atoms with Gasteiger partial charge in [0.1, 0.15) is 12.9 Å². The quantitative estimate of drug-likeness (QED) is 0.776. The summed E-state index contributed by atoms with van der Waals surface area (Å²) in [6.07, 6.45) is 4.65. The van der Waals surface area contributed by atoms with Gasteiger partial charge in [0.25, 0.3) is 0 Å². The summed E-state index contributed by atoms with van der Waals surface area (Å²) in [6.45, 7) is 5.06. The number of carbonyl (C=O) groups excluding carboxylic acids is 1. The standard InChI is InChI=1S/C11H20N6O/c1-2-6-17(10-4-3-5-12-7-10)11(18)8-16-9-13-14-15-16/h9-10,12H,2-8H2,1H3. The molecule has 1 aromatic rings. The number of amides is 1. The minimum atomic E-state index is 0.0952. The Kier molecular flexibility index (Phi) is 4.63. The van der Waals surface area contributed by atoms with Gasteiger partial charge in [-0.25, -0.2) is 4.68 Å². The highest BCUT2D eigenvalue weighted by Gasteiger charge is 2.24. The molecule has 18 heavy (non-hydrogen) atoms. The molecule has 1 aromatic heterocycles. The lowest BCUT2D eigenvalue weighted by Crippen LogP contribution is -2.50. The van der Waals surface area contributed by atoms with Crippen molar-refractivity contribution in [1.82, 2.24) is 30.4 Å². The molecular weight excluding hydrogens is 232 g/mol. The number of aromatic nitrogens is 4. The molecule has 1 amide bonds. The van der Waals surface area contributed by atoms with E-state index in [1.54, 1.807) is 0 Å². The molecule has 1 aliphatic rings. The summed E-state index contributed by atoms with van der Waals surface area (Å²) in [5, 5.41) is 14.2. The highest BCUT2D eigenvalue weighted by atomic mass is 16.2. The highest BCUT2D eigenvalue weighted by Crippen LogP contribution is 2.11. The van der Waals surface area contributed by atoms with Gasteiger partial charge in [-0.3, -0.25) is 4.79 Å². The lowest BCUT2D eigenvalue weighted by atomic mass is 10.1. The van der Waals surface area contributed by atoms with Crippen molar-refractivity contribution in [2.75, 3.05) is 19.6 Å². The van der Waals surface area contributed by atoms with Crippen LogP contribution in [0.3, 0.4) is 0 Å². The molecule has 7 nitrogen and oxygen atoms in total. The first kappa shape index (κ1) is 12.9. The van der Waals surface area contributed by atoms with Crippen molar-refractivity contribution in [2.45, 2.75) is 38.8 Å². The molecule has 1 atom stereocenters. The van der Waals surface area contributed by atoms with Crippen LogP contribution in [0.1, 0.15) is 26.2 Å². The summed E-state index contributed by atoms with van der Waals surface area (Å²) in [4.78, 5) is 14.2. The Hall–Kier alpha value is -1.50. The Labute approximate surface area is 107 Å². The molecule has 1 fully saturated rings. The van der Waals surface area contributed by atoms with Gasteiger partial charge in [0.15, 0.2) is 0 Å². The topological polar surface area (TPSA) is 75.9 Å². The van der Waals surface area contributed by atoms with E-state index in [1.807, 2.05) is 4.90 Å². The third-order valence-corrected chi connectivity index (χ3v) is 3.19. The van der Waals surface area contributed by atoms with Crippen molar-refractivity contribution in [3.63, 3.8) is 0 Å². The van der Waals surface area contributed by atoms with Gasteiger partial charge in [-0.15, -0.1) is 5.10 Å². The van der Waals surface area contributed by atoms with Gasteiger partial charge in [-0.2, -0.15) is 0 Å². The molecule has 1 saturated heterocycles. The Morgan fingerprint density at radius 1 is 1.61 bits per heavy atom. The fourth-order valence-corrected chi connectivity index (χ4v) is 2.33. The monoisotopic (exact) mass is 252 g/mol. The van der Waals surface area contributed by atoms with Gasteiger partial charge in [0.2, 0.25) is 5.91 Å². The summed E-state index contributed by atoms with van der Waals surface area (Å²) >= 11 is 0. The third kappa shape index (κ3) is 3.25. The summed E-state index contributed by atoms with van der Waals surface area (Å²) in [6, 6.07) is 0.308. The molecule has 0 aliphatic carbocycles. The normalized spacial score (nSPS) is 19.7. The van der Waals surface area contributed by atoms with Gasteiger partial charge in [-0.1, -0.05) is 6.92 Å². The van der Waals surface area contributed by atoms with E-state index in [1.165, 1.54) is 11.0 Å². The second-order valence-electron chi connectivity index (χ2n) is 4.59. The molecule has 0 aromatic carbocycles. The summed E-state index contributed by atoms with van der Waals surface area (Å²) < 4.78 is 1.47. The maximum absolute atomic E-state index is 12.3. The second kappa shape index (κ2) is 6.44. The predicted molar refractivity (Wildman–Crippen MR) is 65.7 cm³/mol. The summed E-state index contributed by atoms with van der Waals surface area (Å²) in [5.41, 5.74) is 0. The molecule has 1 unspecified atom stereocenters. The maximum atomic E-state index is 12.3. The fourth-order valence-electron chi connectivity index (χ4n) is 2.33. The lowest BCUT2D eigenvalue weighted by molar-refractivity contribution is -0.134. The number of nitrogens with one attached hydrogen (secondary N) is 1. The molecule has 2 rings (SSSR count). The van der Waals surface area contributed by atoms with Crippen molar-refractivity contribution in [2.24, 2.45) is 0 Å². The minimum Gasteiger partial charge on any atom is -0.337 e. The summed E-state index contributed by atoms with van der Waals surface area (Å²) in [7, 11) is 0. The molecule has 0 spiro atoms. The number of hydrogen-bond acceptors (Lipinski definition) is 5. The van der Waals surface area contributed by atoms with Crippen LogP contribution in [0.15, 0.2) is 6.33 Å². The number of hydrogen-bond donors (Lipinski definition) is 1. The zero-order valence-corrected chi connectivity index (χ0v) is 10.7. The van der Waals surface area contributed by atoms with Crippen LogP contribution in [-0.4, -0.2) is 56.7 Å². The van der Waals surface area contributed by atoms with Crippen LogP contribution in [-0.2, 0) is 11.3 Å². The Bertz CT molecular complexity index is 360. The number of tetrazole rings is 1. The van der Waals surface area contributed by atoms with Gasteiger partial charge in [-0.05, 0) is 36.2 Å². The van der Waals surface area contributed by atoms with Crippen molar-refractivity contribution < 1.29 is 4.79 Å². The van der Waals surface area contributed by atoms with Gasteiger partial charge in [0, 0.05) is 19.1 Å². The van der Waals surface area contributed by atoms with Crippen molar-refractivity contribution in [3.05, 3.63) is 6.33 Å². The van der Waals surface area contributed by atoms with E-state index in [2.05, 4.69) is 27.8 Å². The van der Waals surface area contributed by atoms with Crippen LogP contribution in [0.4, 0.5) is 0 Å². The van der Waals surface area contributed by atoms with Crippen LogP contribution < -0.4 is 5.32 Å². The first-order chi connectivity index (χ1) is 8.81. The van der Waals surface area contributed by atoms with E-state index >= 15 is 0 Å². The van der Waals surface area contributed by atoms with Crippen molar-refractivity contribution >= 4 is 5.91 Å². The fraction of sp³-hybridized carbons (Fsp3) is 0.818.